The second-order valence-corrected chi connectivity index (χ2v) is 5.22. The topological polar surface area (TPSA) is 61.4 Å². The van der Waals surface area contributed by atoms with E-state index in [-0.39, 0.29) is 17.7 Å². The Morgan fingerprint density at radius 1 is 1.59 bits per heavy atom. The molecule has 1 amide bonds. The van der Waals surface area contributed by atoms with E-state index in [2.05, 4.69) is 10.6 Å². The van der Waals surface area contributed by atoms with E-state index in [1.165, 1.54) is 0 Å². The number of nitrogens with one attached hydrogen (secondary N) is 2. The van der Waals surface area contributed by atoms with Gasteiger partial charge in [-0.15, -0.1) is 0 Å². The molecular weight excluding hydrogens is 236 g/mol. The Labute approximate surface area is 105 Å². The number of benzene rings is 1. The normalized spacial score (nSPS) is 19.9. The molecule has 1 aromatic carbocycles. The lowest BCUT2D eigenvalue weighted by Crippen LogP contribution is -2.46. The molecule has 1 heterocycles. The van der Waals surface area contributed by atoms with Gasteiger partial charge in [0.2, 0.25) is 5.91 Å². The summed E-state index contributed by atoms with van der Waals surface area (Å²) in [6, 6.07) is 4.94. The van der Waals surface area contributed by atoms with E-state index in [1.807, 2.05) is 0 Å². The second-order valence-electron chi connectivity index (χ2n) is 4.07. The number of hydrogen-bond acceptors (Lipinski definition) is 4. The quantitative estimate of drug-likeness (QED) is 0.695. The monoisotopic (exact) mass is 252 g/mol. The third-order valence-electron chi connectivity index (χ3n) is 2.70. The Balaban J connectivity index is 1.99. The van der Waals surface area contributed by atoms with Gasteiger partial charge in [-0.25, -0.2) is 0 Å². The van der Waals surface area contributed by atoms with Crippen molar-refractivity contribution in [3.05, 3.63) is 23.8 Å². The van der Waals surface area contributed by atoms with Crippen molar-refractivity contribution in [2.24, 2.45) is 0 Å². The molecule has 1 fully saturated rings. The number of hydrogen-bond donors (Lipinski definition) is 3. The summed E-state index contributed by atoms with van der Waals surface area (Å²) in [6.07, 6.45) is 0. The second kappa shape index (κ2) is 5.42. The van der Waals surface area contributed by atoms with Crippen molar-refractivity contribution in [1.29, 1.82) is 0 Å². The fourth-order valence-electron chi connectivity index (χ4n) is 1.70. The third kappa shape index (κ3) is 3.14. The molecule has 1 saturated heterocycles. The van der Waals surface area contributed by atoms with Gasteiger partial charge in [0.1, 0.15) is 5.75 Å². The van der Waals surface area contributed by atoms with E-state index in [0.717, 1.165) is 29.3 Å². The molecule has 0 radical (unpaired) electrons. The van der Waals surface area contributed by atoms with Crippen molar-refractivity contribution >= 4 is 23.4 Å². The Hall–Kier alpha value is -1.20. The highest BCUT2D eigenvalue weighted by Gasteiger charge is 2.20. The zero-order valence-corrected chi connectivity index (χ0v) is 10.5. The van der Waals surface area contributed by atoms with Gasteiger partial charge in [0.15, 0.2) is 0 Å². The first kappa shape index (κ1) is 12.3. The molecule has 1 aliphatic heterocycles. The molecule has 0 spiro atoms. The van der Waals surface area contributed by atoms with Crippen LogP contribution in [-0.4, -0.2) is 35.1 Å². The first-order valence-electron chi connectivity index (χ1n) is 5.58. The molecule has 1 unspecified atom stereocenters. The van der Waals surface area contributed by atoms with E-state index in [1.54, 1.807) is 36.9 Å². The Bertz CT molecular complexity index is 417. The summed E-state index contributed by atoms with van der Waals surface area (Å²) in [5.41, 5.74) is 1.48. The lowest BCUT2D eigenvalue weighted by Gasteiger charge is -2.22. The fourth-order valence-corrected chi connectivity index (χ4v) is 2.63. The van der Waals surface area contributed by atoms with E-state index < -0.39 is 0 Å². The van der Waals surface area contributed by atoms with Crippen LogP contribution in [0.3, 0.4) is 0 Å². The van der Waals surface area contributed by atoms with Crippen LogP contribution in [0.5, 0.6) is 5.75 Å². The lowest BCUT2D eigenvalue weighted by molar-refractivity contribution is -0.117. The minimum atomic E-state index is -0.122. The molecule has 0 saturated carbocycles. The van der Waals surface area contributed by atoms with Crippen LogP contribution in [-0.2, 0) is 4.79 Å². The van der Waals surface area contributed by atoms with Crippen LogP contribution in [0.15, 0.2) is 18.2 Å². The Morgan fingerprint density at radius 3 is 3.06 bits per heavy atom. The van der Waals surface area contributed by atoms with Gasteiger partial charge in [0, 0.05) is 23.7 Å². The molecule has 0 bridgehead atoms. The van der Waals surface area contributed by atoms with Crippen molar-refractivity contribution < 1.29 is 9.90 Å². The molecule has 1 aliphatic rings. The zero-order valence-electron chi connectivity index (χ0n) is 9.69. The van der Waals surface area contributed by atoms with Crippen LogP contribution in [0.1, 0.15) is 5.56 Å². The minimum Gasteiger partial charge on any atom is -0.508 e. The molecule has 2 rings (SSSR count). The number of phenols is 1. The summed E-state index contributed by atoms with van der Waals surface area (Å²) in [5, 5.41) is 15.4. The van der Waals surface area contributed by atoms with Crippen molar-refractivity contribution in [2.45, 2.75) is 13.0 Å². The summed E-state index contributed by atoms with van der Waals surface area (Å²) in [6.45, 7) is 2.68. The molecule has 0 aliphatic carbocycles. The van der Waals surface area contributed by atoms with Crippen LogP contribution in [0.4, 0.5) is 5.69 Å². The number of thioether (sulfide) groups is 1. The van der Waals surface area contributed by atoms with Crippen molar-refractivity contribution in [2.75, 3.05) is 23.4 Å². The Morgan fingerprint density at radius 2 is 2.41 bits per heavy atom. The number of phenolic OH excluding ortho intramolecular Hbond substituents is 1. The predicted molar refractivity (Wildman–Crippen MR) is 70.6 cm³/mol. The molecule has 4 nitrogen and oxygen atoms in total. The van der Waals surface area contributed by atoms with Crippen LogP contribution < -0.4 is 10.6 Å². The van der Waals surface area contributed by atoms with Crippen molar-refractivity contribution in [3.8, 4) is 5.75 Å². The molecule has 3 N–H and O–H groups in total. The molecule has 1 atom stereocenters. The van der Waals surface area contributed by atoms with Gasteiger partial charge in [-0.3, -0.25) is 4.79 Å². The summed E-state index contributed by atoms with van der Waals surface area (Å²) >= 11 is 1.78. The number of carbonyl (C=O) groups excluding carboxylic acids is 1. The average molecular weight is 252 g/mol. The van der Waals surface area contributed by atoms with Gasteiger partial charge < -0.3 is 15.7 Å². The van der Waals surface area contributed by atoms with E-state index in [9.17, 15) is 9.90 Å². The van der Waals surface area contributed by atoms with Crippen LogP contribution in [0.25, 0.3) is 0 Å². The lowest BCUT2D eigenvalue weighted by atomic mass is 10.2. The standard InChI is InChI=1S/C12H16N2O2S/c1-8-6-9(2-3-11(8)15)14-12(16)10-7-17-5-4-13-10/h2-3,6,10,13,15H,4-5,7H2,1H3,(H,14,16). The summed E-state index contributed by atoms with van der Waals surface area (Å²) in [7, 11) is 0. The fraction of sp³-hybridized carbons (Fsp3) is 0.417. The maximum atomic E-state index is 11.9. The maximum Gasteiger partial charge on any atom is 0.242 e. The number of aryl methyl sites for hydroxylation is 1. The first-order valence-corrected chi connectivity index (χ1v) is 6.74. The minimum absolute atomic E-state index is 0.0118. The number of carbonyl (C=O) groups is 1. The van der Waals surface area contributed by atoms with Gasteiger partial charge in [0.25, 0.3) is 0 Å². The van der Waals surface area contributed by atoms with Gasteiger partial charge in [-0.1, -0.05) is 0 Å². The number of rotatable bonds is 2. The summed E-state index contributed by atoms with van der Waals surface area (Å²) in [5.74, 6) is 2.10. The van der Waals surface area contributed by atoms with E-state index in [4.69, 9.17) is 0 Å². The molecule has 1 aromatic rings. The molecule has 0 aromatic heterocycles. The maximum absolute atomic E-state index is 11.9. The zero-order chi connectivity index (χ0) is 12.3. The van der Waals surface area contributed by atoms with E-state index in [0.29, 0.717) is 0 Å². The highest BCUT2D eigenvalue weighted by Crippen LogP contribution is 2.20. The van der Waals surface area contributed by atoms with E-state index >= 15 is 0 Å². The van der Waals surface area contributed by atoms with Gasteiger partial charge in [0.05, 0.1) is 6.04 Å². The van der Waals surface area contributed by atoms with Gasteiger partial charge in [-0.2, -0.15) is 11.8 Å². The summed E-state index contributed by atoms with van der Waals surface area (Å²) in [4.78, 5) is 11.9. The molecule has 17 heavy (non-hydrogen) atoms. The highest BCUT2D eigenvalue weighted by atomic mass is 32.2. The predicted octanol–water partition coefficient (Wildman–Crippen LogP) is 1.34. The third-order valence-corrected chi connectivity index (χ3v) is 3.76. The van der Waals surface area contributed by atoms with Gasteiger partial charge >= 0.3 is 0 Å². The van der Waals surface area contributed by atoms with Crippen LogP contribution in [0, 0.1) is 6.92 Å². The molecular formula is C12H16N2O2S. The smallest absolute Gasteiger partial charge is 0.242 e. The molecule has 92 valence electrons. The highest BCUT2D eigenvalue weighted by molar-refractivity contribution is 7.99. The average Bonchev–Trinajstić information content (AvgIpc) is 2.35. The first-order chi connectivity index (χ1) is 8.16. The van der Waals surface area contributed by atoms with Crippen LogP contribution >= 0.6 is 11.8 Å². The number of aromatic hydroxyl groups is 1. The number of amides is 1. The SMILES string of the molecule is Cc1cc(NC(=O)C2CSCCN2)ccc1O. The van der Waals surface area contributed by atoms with Crippen molar-refractivity contribution in [3.63, 3.8) is 0 Å². The molecule has 5 heteroatoms. The number of anilines is 1. The summed E-state index contributed by atoms with van der Waals surface area (Å²) < 4.78 is 0. The van der Waals surface area contributed by atoms with Crippen LogP contribution in [0.2, 0.25) is 0 Å². The van der Waals surface area contributed by atoms with Gasteiger partial charge in [-0.05, 0) is 30.7 Å². The largest absolute Gasteiger partial charge is 0.508 e. The van der Waals surface area contributed by atoms with Crippen molar-refractivity contribution in [1.82, 2.24) is 5.32 Å². The Kier molecular flexibility index (Phi) is 3.91.